The van der Waals surface area contributed by atoms with Gasteiger partial charge in [-0.15, -0.1) is 0 Å². The summed E-state index contributed by atoms with van der Waals surface area (Å²) in [5.41, 5.74) is 2.07. The zero-order valence-electron chi connectivity index (χ0n) is 8.90. The van der Waals surface area contributed by atoms with Gasteiger partial charge in [-0.3, -0.25) is 5.10 Å². The number of benzene rings is 1. The van der Waals surface area contributed by atoms with Gasteiger partial charge in [-0.25, -0.2) is 0 Å². The average molecular weight is 292 g/mol. The second-order valence-electron chi connectivity index (χ2n) is 3.70. The molecule has 0 atom stereocenters. The Labute approximate surface area is 106 Å². The van der Waals surface area contributed by atoms with E-state index in [1.54, 1.807) is 0 Å². The minimum Gasteiger partial charge on any atom is -0.452 e. The fourth-order valence-corrected chi connectivity index (χ4v) is 2.09. The van der Waals surface area contributed by atoms with Gasteiger partial charge in [-0.05, 0) is 40.2 Å². The third-order valence-corrected chi connectivity index (χ3v) is 2.99. The Balaban J connectivity index is 1.83. The van der Waals surface area contributed by atoms with Crippen LogP contribution < -0.4 is 5.32 Å². The Kier molecular flexibility index (Phi) is 2.60. The second kappa shape index (κ2) is 4.25. The quantitative estimate of drug-likeness (QED) is 0.776. The van der Waals surface area contributed by atoms with Crippen molar-refractivity contribution in [2.45, 2.75) is 6.54 Å². The SMILES string of the molecule is Brc1ccc(CNc2cccc3[nH]ncc23)o1. The maximum Gasteiger partial charge on any atom is 0.169 e. The number of nitrogens with zero attached hydrogens (tertiary/aromatic N) is 1. The molecular weight excluding hydrogens is 282 g/mol. The van der Waals surface area contributed by atoms with Crippen molar-refractivity contribution >= 4 is 32.5 Å². The van der Waals surface area contributed by atoms with Gasteiger partial charge < -0.3 is 9.73 Å². The van der Waals surface area contributed by atoms with E-state index in [0.29, 0.717) is 6.54 Å². The number of aromatic nitrogens is 2. The van der Waals surface area contributed by atoms with Crippen LogP contribution in [0.1, 0.15) is 5.76 Å². The molecule has 1 aromatic carbocycles. The molecule has 0 aliphatic carbocycles. The van der Waals surface area contributed by atoms with Crippen LogP contribution in [0.3, 0.4) is 0 Å². The van der Waals surface area contributed by atoms with Crippen LogP contribution in [0.25, 0.3) is 10.9 Å². The molecule has 2 N–H and O–H groups in total. The molecule has 0 bridgehead atoms. The lowest BCUT2D eigenvalue weighted by molar-refractivity contribution is 0.495. The molecule has 2 heterocycles. The van der Waals surface area contributed by atoms with Crippen molar-refractivity contribution in [3.8, 4) is 0 Å². The fraction of sp³-hybridized carbons (Fsp3) is 0.0833. The van der Waals surface area contributed by atoms with Crippen molar-refractivity contribution in [1.82, 2.24) is 10.2 Å². The number of nitrogens with one attached hydrogen (secondary N) is 2. The molecule has 0 unspecified atom stereocenters. The van der Waals surface area contributed by atoms with Crippen molar-refractivity contribution in [3.63, 3.8) is 0 Å². The van der Waals surface area contributed by atoms with Gasteiger partial charge in [0.25, 0.3) is 0 Å². The van der Waals surface area contributed by atoms with Crippen molar-refractivity contribution in [2.24, 2.45) is 0 Å². The van der Waals surface area contributed by atoms with Gasteiger partial charge in [0.05, 0.1) is 18.3 Å². The molecule has 0 fully saturated rings. The van der Waals surface area contributed by atoms with Crippen LogP contribution in [-0.4, -0.2) is 10.2 Å². The summed E-state index contributed by atoms with van der Waals surface area (Å²) in [6.07, 6.45) is 1.82. The number of halogens is 1. The molecular formula is C12H10BrN3O. The first kappa shape index (κ1) is 10.4. The summed E-state index contributed by atoms with van der Waals surface area (Å²) in [6.45, 7) is 0.649. The van der Waals surface area contributed by atoms with Crippen LogP contribution in [0.2, 0.25) is 0 Å². The number of hydrogen-bond donors (Lipinski definition) is 2. The minimum atomic E-state index is 0.649. The lowest BCUT2D eigenvalue weighted by Gasteiger charge is -2.05. The fourth-order valence-electron chi connectivity index (χ4n) is 1.75. The minimum absolute atomic E-state index is 0.649. The molecule has 5 heteroatoms. The lowest BCUT2D eigenvalue weighted by atomic mass is 10.2. The highest BCUT2D eigenvalue weighted by Gasteiger charge is 2.03. The average Bonchev–Trinajstić information content (AvgIpc) is 2.94. The maximum atomic E-state index is 5.43. The van der Waals surface area contributed by atoms with Crippen molar-refractivity contribution in [3.05, 3.63) is 47.0 Å². The molecule has 0 saturated heterocycles. The van der Waals surface area contributed by atoms with Crippen molar-refractivity contribution in [2.75, 3.05) is 5.32 Å². The van der Waals surface area contributed by atoms with Crippen LogP contribution in [0, 0.1) is 0 Å². The Morgan fingerprint density at radius 1 is 1.29 bits per heavy atom. The van der Waals surface area contributed by atoms with E-state index in [4.69, 9.17) is 4.42 Å². The van der Waals surface area contributed by atoms with Gasteiger partial charge in [-0.2, -0.15) is 5.10 Å². The van der Waals surface area contributed by atoms with E-state index in [-0.39, 0.29) is 0 Å². The number of anilines is 1. The molecule has 0 aliphatic heterocycles. The first-order valence-electron chi connectivity index (χ1n) is 5.23. The Hall–Kier alpha value is -1.75. The van der Waals surface area contributed by atoms with E-state index in [0.717, 1.165) is 27.0 Å². The van der Waals surface area contributed by atoms with E-state index >= 15 is 0 Å². The Bertz CT molecular complexity index is 644. The van der Waals surface area contributed by atoms with Gasteiger partial charge in [0, 0.05) is 11.1 Å². The molecule has 0 amide bonds. The Morgan fingerprint density at radius 3 is 3.06 bits per heavy atom. The van der Waals surface area contributed by atoms with Crippen LogP contribution in [-0.2, 0) is 6.54 Å². The number of rotatable bonds is 3. The molecule has 3 rings (SSSR count). The topological polar surface area (TPSA) is 53.9 Å². The first-order chi connectivity index (χ1) is 8.33. The molecule has 17 heavy (non-hydrogen) atoms. The molecule has 86 valence electrons. The van der Waals surface area contributed by atoms with Gasteiger partial charge in [0.2, 0.25) is 0 Å². The Morgan fingerprint density at radius 2 is 2.24 bits per heavy atom. The van der Waals surface area contributed by atoms with Crippen LogP contribution in [0.5, 0.6) is 0 Å². The highest BCUT2D eigenvalue weighted by Crippen LogP contribution is 2.22. The lowest BCUT2D eigenvalue weighted by Crippen LogP contribution is -1.98. The van der Waals surface area contributed by atoms with E-state index in [2.05, 4.69) is 31.4 Å². The molecule has 0 saturated carbocycles. The summed E-state index contributed by atoms with van der Waals surface area (Å²) in [5.74, 6) is 0.886. The predicted octanol–water partition coefficient (Wildman–Crippen LogP) is 3.53. The molecule has 0 aliphatic rings. The second-order valence-corrected chi connectivity index (χ2v) is 4.48. The molecule has 3 aromatic rings. The van der Waals surface area contributed by atoms with Crippen molar-refractivity contribution < 1.29 is 4.42 Å². The normalized spacial score (nSPS) is 10.9. The summed E-state index contributed by atoms with van der Waals surface area (Å²) in [4.78, 5) is 0. The molecule has 0 spiro atoms. The number of fused-ring (bicyclic) bond motifs is 1. The standard InChI is InChI=1S/C12H10BrN3O/c13-12-5-4-8(17-12)6-14-10-2-1-3-11-9(10)7-15-16-11/h1-5,7,14H,6H2,(H,15,16). The van der Waals surface area contributed by atoms with Crippen LogP contribution in [0.15, 0.2) is 45.6 Å². The monoisotopic (exact) mass is 291 g/mol. The van der Waals surface area contributed by atoms with Crippen LogP contribution in [0.4, 0.5) is 5.69 Å². The predicted molar refractivity (Wildman–Crippen MR) is 69.8 cm³/mol. The summed E-state index contributed by atoms with van der Waals surface area (Å²) in [6, 6.07) is 9.83. The third kappa shape index (κ3) is 2.06. The zero-order chi connectivity index (χ0) is 11.7. The molecule has 0 radical (unpaired) electrons. The smallest absolute Gasteiger partial charge is 0.169 e. The summed E-state index contributed by atoms with van der Waals surface area (Å²) in [7, 11) is 0. The van der Waals surface area contributed by atoms with Gasteiger partial charge in [0.15, 0.2) is 4.67 Å². The van der Waals surface area contributed by atoms with E-state index in [9.17, 15) is 0 Å². The molecule has 4 nitrogen and oxygen atoms in total. The van der Waals surface area contributed by atoms with Gasteiger partial charge in [-0.1, -0.05) is 6.07 Å². The highest BCUT2D eigenvalue weighted by atomic mass is 79.9. The van der Waals surface area contributed by atoms with E-state index in [1.807, 2.05) is 36.5 Å². The van der Waals surface area contributed by atoms with Crippen LogP contribution >= 0.6 is 15.9 Å². The van der Waals surface area contributed by atoms with E-state index < -0.39 is 0 Å². The number of furan rings is 1. The van der Waals surface area contributed by atoms with E-state index in [1.165, 1.54) is 0 Å². The highest BCUT2D eigenvalue weighted by molar-refractivity contribution is 9.10. The van der Waals surface area contributed by atoms with Crippen molar-refractivity contribution in [1.29, 1.82) is 0 Å². The largest absolute Gasteiger partial charge is 0.452 e. The first-order valence-corrected chi connectivity index (χ1v) is 6.02. The zero-order valence-corrected chi connectivity index (χ0v) is 10.5. The summed E-state index contributed by atoms with van der Waals surface area (Å²) < 4.78 is 6.18. The number of aromatic amines is 1. The summed E-state index contributed by atoms with van der Waals surface area (Å²) >= 11 is 3.28. The molecule has 2 aromatic heterocycles. The van der Waals surface area contributed by atoms with Gasteiger partial charge >= 0.3 is 0 Å². The number of H-pyrrole nitrogens is 1. The summed E-state index contributed by atoms with van der Waals surface area (Å²) in [5, 5.41) is 11.4. The number of hydrogen-bond acceptors (Lipinski definition) is 3. The third-order valence-electron chi connectivity index (χ3n) is 2.57. The maximum absolute atomic E-state index is 5.43. The van der Waals surface area contributed by atoms with Gasteiger partial charge in [0.1, 0.15) is 5.76 Å².